The predicted octanol–water partition coefficient (Wildman–Crippen LogP) is 2.17. The fourth-order valence-electron chi connectivity index (χ4n) is 4.19. The highest BCUT2D eigenvalue weighted by molar-refractivity contribution is 7.92. The predicted molar refractivity (Wildman–Crippen MR) is 148 cm³/mol. The van der Waals surface area contributed by atoms with Gasteiger partial charge in [0.1, 0.15) is 17.5 Å². The molecule has 2 unspecified atom stereocenters. The Labute approximate surface area is 232 Å². The van der Waals surface area contributed by atoms with Crippen LogP contribution in [0.2, 0.25) is 0 Å². The van der Waals surface area contributed by atoms with Gasteiger partial charge in [-0.05, 0) is 53.8 Å². The molecule has 40 heavy (non-hydrogen) atoms. The van der Waals surface area contributed by atoms with Crippen LogP contribution in [-0.4, -0.2) is 67.6 Å². The molecule has 3 rings (SSSR count). The van der Waals surface area contributed by atoms with E-state index in [1.807, 2.05) is 18.2 Å². The summed E-state index contributed by atoms with van der Waals surface area (Å²) in [6.45, 7) is 1.98. The highest BCUT2D eigenvalue weighted by Gasteiger charge is 2.24. The van der Waals surface area contributed by atoms with E-state index in [2.05, 4.69) is 28.6 Å². The Balaban J connectivity index is 1.75. The van der Waals surface area contributed by atoms with Gasteiger partial charge in [0, 0.05) is 25.4 Å². The fraction of sp³-hybridized carbons (Fsp3) is 0.357. The molecule has 0 aliphatic heterocycles. The first-order chi connectivity index (χ1) is 19.0. The number of pyridine rings is 1. The Morgan fingerprint density at radius 1 is 1.05 bits per heavy atom. The summed E-state index contributed by atoms with van der Waals surface area (Å²) in [5.41, 5.74) is 2.52. The van der Waals surface area contributed by atoms with E-state index in [1.165, 1.54) is 23.9 Å². The molecule has 1 aromatic heterocycles. The molecule has 1 amide bonds. The highest BCUT2D eigenvalue weighted by atomic mass is 32.2. The van der Waals surface area contributed by atoms with Crippen molar-refractivity contribution < 1.29 is 32.2 Å². The van der Waals surface area contributed by atoms with Crippen molar-refractivity contribution in [1.82, 2.24) is 15.6 Å². The topological polar surface area (TPSA) is 132 Å². The summed E-state index contributed by atoms with van der Waals surface area (Å²) in [5.74, 6) is -2.15. The maximum absolute atomic E-state index is 13.8. The van der Waals surface area contributed by atoms with E-state index < -0.39 is 46.3 Å². The maximum atomic E-state index is 13.8. The zero-order chi connectivity index (χ0) is 29.3. The first-order valence-electron chi connectivity index (χ1n) is 12.8. The van der Waals surface area contributed by atoms with Crippen molar-refractivity contribution in [3.63, 3.8) is 0 Å². The van der Waals surface area contributed by atoms with Crippen LogP contribution in [-0.2, 0) is 29.4 Å². The molecule has 0 bridgehead atoms. The third kappa shape index (κ3) is 9.05. The summed E-state index contributed by atoms with van der Waals surface area (Å²) in [7, 11) is -3.71. The van der Waals surface area contributed by atoms with Gasteiger partial charge in [-0.2, -0.15) is 0 Å². The second-order valence-corrected chi connectivity index (χ2v) is 11.3. The molecule has 0 aliphatic rings. The number of aliphatic hydroxyl groups is 2. The van der Waals surface area contributed by atoms with Crippen molar-refractivity contribution in [2.24, 2.45) is 0 Å². The number of hydrogen-bond donors (Lipinski definition) is 4. The minimum Gasteiger partial charge on any atom is -0.394 e. The average molecular weight is 577 g/mol. The van der Waals surface area contributed by atoms with Crippen LogP contribution in [0.3, 0.4) is 0 Å². The molecular formula is C28H34F2N4O5S. The number of aliphatic hydroxyl groups excluding tert-OH is 2. The highest BCUT2D eigenvalue weighted by Crippen LogP contribution is 2.16. The van der Waals surface area contributed by atoms with Gasteiger partial charge in [0.2, 0.25) is 10.0 Å². The molecule has 0 radical (unpaired) electrons. The molecule has 216 valence electrons. The number of aromatic nitrogens is 1. The van der Waals surface area contributed by atoms with E-state index in [1.54, 1.807) is 0 Å². The molecule has 12 heteroatoms. The van der Waals surface area contributed by atoms with Gasteiger partial charge in [-0.3, -0.25) is 9.10 Å². The average Bonchev–Trinajstić information content (AvgIpc) is 2.90. The van der Waals surface area contributed by atoms with Gasteiger partial charge in [-0.1, -0.05) is 31.2 Å². The third-order valence-electron chi connectivity index (χ3n) is 6.21. The van der Waals surface area contributed by atoms with Crippen LogP contribution < -0.4 is 14.9 Å². The Morgan fingerprint density at radius 3 is 2.35 bits per heavy atom. The summed E-state index contributed by atoms with van der Waals surface area (Å²) >= 11 is 0. The number of benzene rings is 2. The fourth-order valence-corrected chi connectivity index (χ4v) is 5.05. The number of carbonyl (C=O) groups is 1. The van der Waals surface area contributed by atoms with Crippen molar-refractivity contribution >= 4 is 21.7 Å². The Morgan fingerprint density at radius 2 is 1.75 bits per heavy atom. The lowest BCUT2D eigenvalue weighted by atomic mass is 10.00. The van der Waals surface area contributed by atoms with E-state index in [0.717, 1.165) is 40.7 Å². The summed E-state index contributed by atoms with van der Waals surface area (Å²) in [5, 5.41) is 26.0. The van der Waals surface area contributed by atoms with E-state index in [9.17, 15) is 32.2 Å². The molecule has 0 aliphatic carbocycles. The number of halogens is 2. The van der Waals surface area contributed by atoms with Gasteiger partial charge >= 0.3 is 0 Å². The van der Waals surface area contributed by atoms with Gasteiger partial charge in [0.05, 0.1) is 37.1 Å². The molecule has 0 fully saturated rings. The van der Waals surface area contributed by atoms with Crippen LogP contribution in [0.25, 0.3) is 0 Å². The standard InChI is InChI=1S/C28H34F2N4O5S/c1-3-19-5-4-6-20(11-19)16-31-18-26(36)25(14-21-12-23(29)15-24(30)13-21)33-28(37)22-7-8-27(32-17-22)34(9-10-35)40(2,38)39/h4-8,11-13,15,17,25-26,31,35-36H,3,9-10,14,16,18H2,1-2H3,(H,33,37). The van der Waals surface area contributed by atoms with Crippen LogP contribution in [0.5, 0.6) is 0 Å². The van der Waals surface area contributed by atoms with Crippen LogP contribution >= 0.6 is 0 Å². The zero-order valence-electron chi connectivity index (χ0n) is 22.3. The van der Waals surface area contributed by atoms with Gasteiger partial charge in [-0.15, -0.1) is 0 Å². The van der Waals surface area contributed by atoms with Gasteiger partial charge < -0.3 is 20.8 Å². The Bertz CT molecular complexity index is 1370. The third-order valence-corrected chi connectivity index (χ3v) is 7.38. The van der Waals surface area contributed by atoms with Crippen molar-refractivity contribution in [3.05, 3.63) is 94.7 Å². The quantitative estimate of drug-likeness (QED) is 0.231. The number of rotatable bonds is 14. The van der Waals surface area contributed by atoms with E-state index in [4.69, 9.17) is 0 Å². The van der Waals surface area contributed by atoms with Crippen LogP contribution in [0.1, 0.15) is 34.0 Å². The molecule has 0 spiro atoms. The number of amides is 1. The number of hydrogen-bond acceptors (Lipinski definition) is 7. The van der Waals surface area contributed by atoms with Crippen LogP contribution in [0.15, 0.2) is 60.8 Å². The molecule has 9 nitrogen and oxygen atoms in total. The number of nitrogens with zero attached hydrogens (tertiary/aromatic N) is 2. The number of sulfonamides is 1. The molecule has 1 heterocycles. The lowest BCUT2D eigenvalue weighted by molar-refractivity contribution is 0.0829. The number of carbonyl (C=O) groups excluding carboxylic acids is 1. The van der Waals surface area contributed by atoms with Crippen molar-refractivity contribution in [2.45, 2.75) is 38.5 Å². The molecule has 4 N–H and O–H groups in total. The lowest BCUT2D eigenvalue weighted by Gasteiger charge is -2.25. The lowest BCUT2D eigenvalue weighted by Crippen LogP contribution is -2.48. The molecule has 0 saturated carbocycles. The summed E-state index contributed by atoms with van der Waals surface area (Å²) in [6, 6.07) is 12.7. The smallest absolute Gasteiger partial charge is 0.253 e. The van der Waals surface area contributed by atoms with E-state index in [0.29, 0.717) is 6.54 Å². The molecule has 3 aromatic rings. The number of anilines is 1. The van der Waals surface area contributed by atoms with E-state index in [-0.39, 0.29) is 36.5 Å². The maximum Gasteiger partial charge on any atom is 0.253 e. The molecule has 2 atom stereocenters. The first-order valence-corrected chi connectivity index (χ1v) is 14.6. The van der Waals surface area contributed by atoms with Crippen molar-refractivity contribution in [1.29, 1.82) is 0 Å². The second kappa shape index (κ2) is 14.3. The summed E-state index contributed by atoms with van der Waals surface area (Å²) < 4.78 is 52.6. The van der Waals surface area contributed by atoms with Gasteiger partial charge in [-0.25, -0.2) is 22.2 Å². The normalized spacial score (nSPS) is 13.1. The van der Waals surface area contributed by atoms with Crippen molar-refractivity contribution in [2.75, 3.05) is 30.3 Å². The van der Waals surface area contributed by atoms with Crippen LogP contribution in [0, 0.1) is 11.6 Å². The molecule has 0 saturated heterocycles. The monoisotopic (exact) mass is 576 g/mol. The SMILES string of the molecule is CCc1cccc(CNCC(O)C(Cc2cc(F)cc(F)c2)NC(=O)c2ccc(N(CCO)S(C)(=O)=O)nc2)c1. The number of aryl methyl sites for hydroxylation is 1. The zero-order valence-corrected chi connectivity index (χ0v) is 23.2. The second-order valence-electron chi connectivity index (χ2n) is 9.40. The summed E-state index contributed by atoms with van der Waals surface area (Å²) in [4.78, 5) is 17.1. The van der Waals surface area contributed by atoms with E-state index >= 15 is 0 Å². The largest absolute Gasteiger partial charge is 0.394 e. The summed E-state index contributed by atoms with van der Waals surface area (Å²) in [6.07, 6.45) is 1.85. The van der Waals surface area contributed by atoms with Crippen LogP contribution in [0.4, 0.5) is 14.6 Å². The van der Waals surface area contributed by atoms with Crippen molar-refractivity contribution in [3.8, 4) is 0 Å². The Kier molecular flexibility index (Phi) is 11.1. The molecular weight excluding hydrogens is 542 g/mol. The van der Waals surface area contributed by atoms with Gasteiger partial charge in [0.25, 0.3) is 5.91 Å². The number of nitrogens with one attached hydrogen (secondary N) is 2. The Hall–Kier alpha value is -3.45. The minimum absolute atomic E-state index is 0.0243. The minimum atomic E-state index is -3.71. The first kappa shape index (κ1) is 31.1. The molecule has 2 aromatic carbocycles. The van der Waals surface area contributed by atoms with Gasteiger partial charge in [0.15, 0.2) is 0 Å².